The third-order valence-electron chi connectivity index (χ3n) is 6.34. The molecule has 2 amide bonds. The van der Waals surface area contributed by atoms with Crippen LogP contribution in [0.15, 0.2) is 51.9 Å². The number of aryl methyl sites for hydroxylation is 1. The first-order chi connectivity index (χ1) is 18.9. The minimum absolute atomic E-state index is 0.210. The first kappa shape index (κ1) is 29.1. The predicted octanol–water partition coefficient (Wildman–Crippen LogP) is -2.27. The van der Waals surface area contributed by atoms with Gasteiger partial charge in [0.25, 0.3) is 11.5 Å². The van der Waals surface area contributed by atoms with E-state index in [1.807, 2.05) is 4.98 Å². The molecule has 2 aliphatic heterocycles. The molecule has 0 radical (unpaired) electrons. The van der Waals surface area contributed by atoms with E-state index in [1.54, 1.807) is 0 Å². The number of methoxy groups -OCH3 is 1. The van der Waals surface area contributed by atoms with Gasteiger partial charge in [-0.3, -0.25) is 23.9 Å². The number of hydrogen-bond acceptors (Lipinski definition) is 11. The molecule has 1 aromatic heterocycles. The zero-order valence-corrected chi connectivity index (χ0v) is 21.1. The van der Waals surface area contributed by atoms with Gasteiger partial charge < -0.3 is 45.3 Å². The summed E-state index contributed by atoms with van der Waals surface area (Å²) < 4.78 is 36.3. The SMILES string of the molecule is CO[C@H]1[C@@H](O)[C@H](n2ccc(=O)[nH]c2=O)O[C@@H]1[C@@H](O[C@H]1OC(C(=O)Nc2ccc(F)c(C)c2)=C[C@H](O)[C@@H]1O)C(N)=O. The molecule has 1 saturated heterocycles. The topological polar surface area (TPSA) is 225 Å². The number of hydrogen-bond donors (Lipinski definition) is 6. The highest BCUT2D eigenvalue weighted by molar-refractivity contribution is 6.02. The Labute approximate surface area is 224 Å². The minimum Gasteiger partial charge on any atom is -0.456 e. The number of aliphatic hydroxyl groups is 3. The summed E-state index contributed by atoms with van der Waals surface area (Å²) in [7, 11) is 1.18. The molecule has 8 atom stereocenters. The van der Waals surface area contributed by atoms with Crippen molar-refractivity contribution in [3.8, 4) is 0 Å². The molecule has 1 fully saturated rings. The van der Waals surface area contributed by atoms with Crippen LogP contribution < -0.4 is 22.3 Å². The maximum atomic E-state index is 13.6. The number of nitrogens with one attached hydrogen (secondary N) is 2. The van der Waals surface area contributed by atoms with Crippen LogP contribution in [0.5, 0.6) is 0 Å². The predicted molar refractivity (Wildman–Crippen MR) is 131 cm³/mol. The van der Waals surface area contributed by atoms with Gasteiger partial charge in [-0.05, 0) is 36.8 Å². The van der Waals surface area contributed by atoms with Crippen molar-refractivity contribution in [3.63, 3.8) is 0 Å². The maximum absolute atomic E-state index is 13.6. The van der Waals surface area contributed by atoms with E-state index in [-0.39, 0.29) is 11.3 Å². The molecule has 1 aromatic carbocycles. The van der Waals surface area contributed by atoms with Crippen molar-refractivity contribution >= 4 is 17.5 Å². The Balaban J connectivity index is 1.54. The Hall–Kier alpha value is -3.93. The van der Waals surface area contributed by atoms with Crippen molar-refractivity contribution in [1.29, 1.82) is 0 Å². The molecule has 15 nitrogen and oxygen atoms in total. The average molecular weight is 566 g/mol. The largest absolute Gasteiger partial charge is 0.456 e. The van der Waals surface area contributed by atoms with Gasteiger partial charge in [-0.2, -0.15) is 0 Å². The first-order valence-corrected chi connectivity index (χ1v) is 11.9. The van der Waals surface area contributed by atoms with E-state index in [1.165, 1.54) is 26.2 Å². The van der Waals surface area contributed by atoms with E-state index >= 15 is 0 Å². The Morgan fingerprint density at radius 2 is 1.93 bits per heavy atom. The van der Waals surface area contributed by atoms with Crippen molar-refractivity contribution < 1.29 is 48.2 Å². The van der Waals surface area contributed by atoms with Crippen molar-refractivity contribution in [2.45, 2.75) is 56.1 Å². The second-order valence-electron chi connectivity index (χ2n) is 9.08. The number of anilines is 1. The molecule has 216 valence electrons. The average Bonchev–Trinajstić information content (AvgIpc) is 3.22. The van der Waals surface area contributed by atoms with Crippen LogP contribution in [-0.4, -0.2) is 86.7 Å². The van der Waals surface area contributed by atoms with Gasteiger partial charge >= 0.3 is 5.69 Å². The summed E-state index contributed by atoms with van der Waals surface area (Å²) in [5.41, 5.74) is 4.36. The molecule has 2 aliphatic rings. The van der Waals surface area contributed by atoms with E-state index in [0.29, 0.717) is 0 Å². The number of rotatable bonds is 8. The lowest BCUT2D eigenvalue weighted by Gasteiger charge is -2.35. The molecule has 2 aromatic rings. The number of nitrogens with zero attached hydrogens (tertiary/aromatic N) is 1. The molecule has 0 saturated carbocycles. The lowest BCUT2D eigenvalue weighted by Crippen LogP contribution is -2.53. The van der Waals surface area contributed by atoms with E-state index in [4.69, 9.17) is 24.7 Å². The highest BCUT2D eigenvalue weighted by Crippen LogP contribution is 2.34. The lowest BCUT2D eigenvalue weighted by atomic mass is 10.0. The summed E-state index contributed by atoms with van der Waals surface area (Å²) in [5, 5.41) is 34.0. The number of primary amides is 1. The first-order valence-electron chi connectivity index (χ1n) is 11.9. The summed E-state index contributed by atoms with van der Waals surface area (Å²) >= 11 is 0. The molecular weight excluding hydrogens is 539 g/mol. The van der Waals surface area contributed by atoms with Crippen LogP contribution >= 0.6 is 0 Å². The molecule has 40 heavy (non-hydrogen) atoms. The van der Waals surface area contributed by atoms with Crippen LogP contribution in [0.25, 0.3) is 0 Å². The Bertz CT molecular complexity index is 1430. The molecule has 0 spiro atoms. The van der Waals surface area contributed by atoms with Gasteiger partial charge in [-0.25, -0.2) is 9.18 Å². The number of aromatic amines is 1. The molecule has 3 heterocycles. The van der Waals surface area contributed by atoms with Crippen LogP contribution in [0.4, 0.5) is 10.1 Å². The molecule has 0 aliphatic carbocycles. The smallest absolute Gasteiger partial charge is 0.330 e. The van der Waals surface area contributed by atoms with E-state index in [0.717, 1.165) is 29.0 Å². The molecule has 4 rings (SSSR count). The molecule has 16 heteroatoms. The van der Waals surface area contributed by atoms with Crippen molar-refractivity contribution in [1.82, 2.24) is 9.55 Å². The highest BCUT2D eigenvalue weighted by Gasteiger charge is 2.52. The van der Waals surface area contributed by atoms with Crippen LogP contribution in [0, 0.1) is 12.7 Å². The number of carbonyl (C=O) groups excluding carboxylic acids is 2. The number of aliphatic hydroxyl groups excluding tert-OH is 3. The van der Waals surface area contributed by atoms with Gasteiger partial charge in [0.1, 0.15) is 36.3 Å². The minimum atomic E-state index is -1.85. The third kappa shape index (κ3) is 5.81. The highest BCUT2D eigenvalue weighted by atomic mass is 19.1. The Kier molecular flexibility index (Phi) is 8.48. The summed E-state index contributed by atoms with van der Waals surface area (Å²) in [4.78, 5) is 50.9. The molecule has 7 N–H and O–H groups in total. The van der Waals surface area contributed by atoms with Gasteiger partial charge in [0.05, 0.1) is 0 Å². The van der Waals surface area contributed by atoms with Gasteiger partial charge in [-0.15, -0.1) is 0 Å². The Morgan fingerprint density at radius 3 is 2.55 bits per heavy atom. The molecule has 0 bridgehead atoms. The fraction of sp³-hybridized carbons (Fsp3) is 0.417. The van der Waals surface area contributed by atoms with Crippen LogP contribution in [0.3, 0.4) is 0 Å². The summed E-state index contributed by atoms with van der Waals surface area (Å²) in [6, 6.07) is 4.80. The van der Waals surface area contributed by atoms with E-state index < -0.39 is 83.8 Å². The second kappa shape index (κ2) is 11.7. The summed E-state index contributed by atoms with van der Waals surface area (Å²) in [6.07, 6.45) is -11.0. The fourth-order valence-electron chi connectivity index (χ4n) is 4.30. The molecular formula is C24H27FN4O11. The summed E-state index contributed by atoms with van der Waals surface area (Å²) in [5.74, 6) is -3.04. The van der Waals surface area contributed by atoms with Gasteiger partial charge in [0.15, 0.2) is 18.1 Å². The Morgan fingerprint density at radius 1 is 1.20 bits per heavy atom. The standard InChI is InChI=1S/C24H27FN4O11/c1-9-7-10(3-4-11(9)25)27-21(35)13-8-12(30)15(32)23(38-13)40-19(20(26)34)18-17(37-2)16(33)22(39-18)29-6-5-14(31)28-24(29)36/h3-8,12,15-19,22-23,30,32-33H,1-2H3,(H2,26,34)(H,27,35)(H,28,31,36)/t12-,15-,16+,17-,18-,19+,22+,23+/m0/s1. The summed E-state index contributed by atoms with van der Waals surface area (Å²) in [6.45, 7) is 1.49. The number of H-pyrrole nitrogens is 1. The lowest BCUT2D eigenvalue weighted by molar-refractivity contribution is -0.241. The zero-order chi connectivity index (χ0) is 29.3. The fourth-order valence-corrected chi connectivity index (χ4v) is 4.30. The van der Waals surface area contributed by atoms with Gasteiger partial charge in [0.2, 0.25) is 12.2 Å². The van der Waals surface area contributed by atoms with Crippen LogP contribution in [0.1, 0.15) is 11.8 Å². The van der Waals surface area contributed by atoms with E-state index in [9.17, 15) is 38.9 Å². The maximum Gasteiger partial charge on any atom is 0.330 e. The van der Waals surface area contributed by atoms with Crippen molar-refractivity contribution in [2.75, 3.05) is 12.4 Å². The monoisotopic (exact) mass is 566 g/mol. The quantitative estimate of drug-likeness (QED) is 0.200. The second-order valence-corrected chi connectivity index (χ2v) is 9.08. The molecule has 0 unspecified atom stereocenters. The van der Waals surface area contributed by atoms with Gasteiger partial charge in [0, 0.05) is 25.1 Å². The number of aromatic nitrogens is 2. The van der Waals surface area contributed by atoms with E-state index in [2.05, 4.69) is 5.32 Å². The number of carbonyl (C=O) groups is 2. The number of amides is 2. The van der Waals surface area contributed by atoms with Crippen LogP contribution in [-0.2, 0) is 28.5 Å². The van der Waals surface area contributed by atoms with Crippen molar-refractivity contribution in [2.24, 2.45) is 5.73 Å². The number of benzene rings is 1. The van der Waals surface area contributed by atoms with Crippen molar-refractivity contribution in [3.05, 3.63) is 74.5 Å². The number of nitrogens with two attached hydrogens (primary N) is 1. The third-order valence-corrected chi connectivity index (χ3v) is 6.34. The number of ether oxygens (including phenoxy) is 4. The van der Waals surface area contributed by atoms with Crippen LogP contribution in [0.2, 0.25) is 0 Å². The number of halogens is 1. The van der Waals surface area contributed by atoms with Gasteiger partial charge in [-0.1, -0.05) is 0 Å². The zero-order valence-electron chi connectivity index (χ0n) is 21.1. The normalized spacial score (nSPS) is 28.9.